The lowest BCUT2D eigenvalue weighted by Gasteiger charge is -2.16. The van der Waals surface area contributed by atoms with Crippen molar-refractivity contribution < 1.29 is 4.79 Å². The summed E-state index contributed by atoms with van der Waals surface area (Å²) in [4.78, 5) is 22.0. The van der Waals surface area contributed by atoms with E-state index >= 15 is 0 Å². The van der Waals surface area contributed by atoms with Gasteiger partial charge in [0.1, 0.15) is 5.82 Å². The Morgan fingerprint density at radius 3 is 2.91 bits per heavy atom. The number of H-pyrrole nitrogens is 1. The van der Waals surface area contributed by atoms with Crippen LogP contribution in [0.15, 0.2) is 36.7 Å². The largest absolute Gasteiger partial charge is 0.345 e. The van der Waals surface area contributed by atoms with Crippen molar-refractivity contribution >= 4 is 5.91 Å². The Morgan fingerprint density at radius 2 is 2.18 bits per heavy atom. The Labute approximate surface area is 129 Å². The van der Waals surface area contributed by atoms with Crippen LogP contribution >= 0.6 is 0 Å². The normalized spacial score (nSPS) is 24.7. The molecule has 2 heterocycles. The first-order valence-electron chi connectivity index (χ1n) is 7.87. The molecule has 1 aromatic heterocycles. The first-order chi connectivity index (χ1) is 10.7. The number of hydrogen-bond acceptors (Lipinski definition) is 3. The molecule has 5 nitrogen and oxygen atoms in total. The van der Waals surface area contributed by atoms with Crippen LogP contribution in [0.25, 0.3) is 11.4 Å². The van der Waals surface area contributed by atoms with Crippen LogP contribution in [-0.4, -0.2) is 39.9 Å². The van der Waals surface area contributed by atoms with Gasteiger partial charge in [-0.1, -0.05) is 12.1 Å². The van der Waals surface area contributed by atoms with Crippen molar-refractivity contribution in [2.45, 2.75) is 18.9 Å². The number of hydrogen-bond donors (Lipinski definition) is 2. The molecule has 2 unspecified atom stereocenters. The minimum Gasteiger partial charge on any atom is -0.345 e. The van der Waals surface area contributed by atoms with Crippen LogP contribution in [0.4, 0.5) is 0 Å². The van der Waals surface area contributed by atoms with E-state index in [0.29, 0.717) is 18.0 Å². The summed E-state index contributed by atoms with van der Waals surface area (Å²) in [5, 5.41) is 0. The van der Waals surface area contributed by atoms with E-state index in [-0.39, 0.29) is 11.9 Å². The van der Waals surface area contributed by atoms with Gasteiger partial charge in [-0.25, -0.2) is 4.98 Å². The summed E-state index contributed by atoms with van der Waals surface area (Å²) in [5.74, 6) is 2.08. The number of nitrogens with one attached hydrogen (secondary N) is 1. The van der Waals surface area contributed by atoms with Gasteiger partial charge in [0.2, 0.25) is 0 Å². The Hall–Kier alpha value is -2.14. The van der Waals surface area contributed by atoms with Gasteiger partial charge in [0.25, 0.3) is 5.91 Å². The Bertz CT molecular complexity index is 678. The lowest BCUT2D eigenvalue weighted by atomic mass is 9.99. The summed E-state index contributed by atoms with van der Waals surface area (Å²) in [6, 6.07) is 7.75. The third-order valence-corrected chi connectivity index (χ3v) is 4.81. The maximum atomic E-state index is 12.7. The third kappa shape index (κ3) is 2.41. The summed E-state index contributed by atoms with van der Waals surface area (Å²) >= 11 is 0. The van der Waals surface area contributed by atoms with Gasteiger partial charge in [0.05, 0.1) is 0 Å². The predicted octanol–water partition coefficient (Wildman–Crippen LogP) is 1.89. The Balaban J connectivity index is 1.54. The van der Waals surface area contributed by atoms with Crippen molar-refractivity contribution in [2.75, 3.05) is 13.1 Å². The van der Waals surface area contributed by atoms with Crippen molar-refractivity contribution in [3.8, 4) is 11.4 Å². The molecule has 114 valence electrons. The molecule has 0 spiro atoms. The van der Waals surface area contributed by atoms with Gasteiger partial charge in [0.15, 0.2) is 0 Å². The van der Waals surface area contributed by atoms with Gasteiger partial charge in [-0.2, -0.15) is 0 Å². The second-order valence-corrected chi connectivity index (χ2v) is 6.39. The van der Waals surface area contributed by atoms with Gasteiger partial charge in [0, 0.05) is 42.7 Å². The van der Waals surface area contributed by atoms with Gasteiger partial charge in [-0.05, 0) is 36.8 Å². The number of rotatable bonds is 3. The standard InChI is InChI=1S/C17H20N4O/c18-15-10-21(9-14(15)11-4-5-11)17(22)13-3-1-2-12(8-13)16-19-6-7-20-16/h1-3,6-8,11,14-15H,4-5,9-10,18H2,(H,19,20). The quantitative estimate of drug-likeness (QED) is 0.908. The number of carbonyl (C=O) groups excluding carboxylic acids is 1. The number of imidazole rings is 1. The number of likely N-dealkylation sites (tertiary alicyclic amines) is 1. The summed E-state index contributed by atoms with van der Waals surface area (Å²) in [5.41, 5.74) is 7.86. The van der Waals surface area contributed by atoms with Crippen LogP contribution < -0.4 is 5.73 Å². The zero-order chi connectivity index (χ0) is 15.1. The highest BCUT2D eigenvalue weighted by Crippen LogP contribution is 2.41. The highest BCUT2D eigenvalue weighted by atomic mass is 16.2. The molecular weight excluding hydrogens is 276 g/mol. The summed E-state index contributed by atoms with van der Waals surface area (Å²) in [6.07, 6.45) is 6.04. The summed E-state index contributed by atoms with van der Waals surface area (Å²) in [7, 11) is 0. The van der Waals surface area contributed by atoms with Crippen molar-refractivity contribution in [1.29, 1.82) is 0 Å². The monoisotopic (exact) mass is 296 g/mol. The number of nitrogens with two attached hydrogens (primary N) is 1. The molecule has 2 aliphatic rings. The number of nitrogens with zero attached hydrogens (tertiary/aromatic N) is 2. The molecule has 0 bridgehead atoms. The van der Waals surface area contributed by atoms with E-state index < -0.39 is 0 Å². The molecule has 1 aliphatic carbocycles. The maximum absolute atomic E-state index is 12.7. The van der Waals surface area contributed by atoms with Crippen LogP contribution in [0.3, 0.4) is 0 Å². The van der Waals surface area contributed by atoms with Crippen molar-refractivity contribution in [2.24, 2.45) is 17.6 Å². The fourth-order valence-corrected chi connectivity index (χ4v) is 3.45. The zero-order valence-corrected chi connectivity index (χ0v) is 12.4. The minimum atomic E-state index is 0.0759. The van der Waals surface area contributed by atoms with Gasteiger partial charge >= 0.3 is 0 Å². The molecule has 1 amide bonds. The van der Waals surface area contributed by atoms with E-state index in [1.54, 1.807) is 12.4 Å². The molecule has 1 aliphatic heterocycles. The second kappa shape index (κ2) is 5.25. The number of amides is 1. The average Bonchev–Trinajstić information content (AvgIpc) is 3.09. The number of aromatic nitrogens is 2. The number of benzene rings is 1. The van der Waals surface area contributed by atoms with E-state index in [1.165, 1.54) is 12.8 Å². The van der Waals surface area contributed by atoms with Gasteiger partial charge < -0.3 is 15.6 Å². The first-order valence-corrected chi connectivity index (χ1v) is 7.87. The second-order valence-electron chi connectivity index (χ2n) is 6.39. The van der Waals surface area contributed by atoms with Gasteiger partial charge in [-0.3, -0.25) is 4.79 Å². The van der Waals surface area contributed by atoms with Crippen LogP contribution in [0.1, 0.15) is 23.2 Å². The van der Waals surface area contributed by atoms with Crippen molar-refractivity contribution in [1.82, 2.24) is 14.9 Å². The average molecular weight is 296 g/mol. The molecule has 2 fully saturated rings. The molecule has 2 atom stereocenters. The molecule has 5 heteroatoms. The topological polar surface area (TPSA) is 75.0 Å². The summed E-state index contributed by atoms with van der Waals surface area (Å²) in [6.45, 7) is 1.47. The van der Waals surface area contributed by atoms with E-state index in [0.717, 1.165) is 23.9 Å². The number of aromatic amines is 1. The molecule has 2 aromatic rings. The van der Waals surface area contributed by atoms with Crippen molar-refractivity contribution in [3.05, 3.63) is 42.2 Å². The SMILES string of the molecule is NC1CN(C(=O)c2cccc(-c3ncc[nH]3)c2)CC1C1CC1. The molecule has 3 N–H and O–H groups in total. The highest BCUT2D eigenvalue weighted by Gasteiger charge is 2.42. The fraction of sp³-hybridized carbons (Fsp3) is 0.412. The number of carbonyl (C=O) groups is 1. The van der Waals surface area contributed by atoms with Crippen LogP contribution in [0, 0.1) is 11.8 Å². The molecule has 22 heavy (non-hydrogen) atoms. The maximum Gasteiger partial charge on any atom is 0.253 e. The van der Waals surface area contributed by atoms with Crippen molar-refractivity contribution in [3.63, 3.8) is 0 Å². The van der Waals surface area contributed by atoms with Crippen LogP contribution in [-0.2, 0) is 0 Å². The smallest absolute Gasteiger partial charge is 0.253 e. The Kier molecular flexibility index (Phi) is 3.22. The zero-order valence-electron chi connectivity index (χ0n) is 12.4. The minimum absolute atomic E-state index is 0.0759. The van der Waals surface area contributed by atoms with E-state index in [1.807, 2.05) is 29.2 Å². The third-order valence-electron chi connectivity index (χ3n) is 4.81. The molecule has 1 saturated carbocycles. The van der Waals surface area contributed by atoms with E-state index in [2.05, 4.69) is 9.97 Å². The highest BCUT2D eigenvalue weighted by molar-refractivity contribution is 5.95. The van der Waals surface area contributed by atoms with E-state index in [9.17, 15) is 4.79 Å². The van der Waals surface area contributed by atoms with E-state index in [4.69, 9.17) is 5.73 Å². The summed E-state index contributed by atoms with van der Waals surface area (Å²) < 4.78 is 0. The van der Waals surface area contributed by atoms with Gasteiger partial charge in [-0.15, -0.1) is 0 Å². The van der Waals surface area contributed by atoms with Crippen LogP contribution in [0.5, 0.6) is 0 Å². The fourth-order valence-electron chi connectivity index (χ4n) is 3.45. The lowest BCUT2D eigenvalue weighted by molar-refractivity contribution is 0.0785. The molecular formula is C17H20N4O. The Morgan fingerprint density at radius 1 is 1.32 bits per heavy atom. The molecule has 1 aromatic carbocycles. The molecule has 1 saturated heterocycles. The first kappa shape index (κ1) is 13.5. The van der Waals surface area contributed by atoms with Crippen LogP contribution in [0.2, 0.25) is 0 Å². The lowest BCUT2D eigenvalue weighted by Crippen LogP contribution is -2.32. The predicted molar refractivity (Wildman–Crippen MR) is 84.1 cm³/mol. The molecule has 0 radical (unpaired) electrons. The molecule has 4 rings (SSSR count).